The maximum absolute atomic E-state index is 13.0. The summed E-state index contributed by atoms with van der Waals surface area (Å²) in [5.41, 5.74) is 3.08. The normalized spacial score (nSPS) is 15.6. The number of benzene rings is 3. The van der Waals surface area contributed by atoms with Gasteiger partial charge < -0.3 is 19.2 Å². The summed E-state index contributed by atoms with van der Waals surface area (Å²) in [7, 11) is 1.66. The van der Waals surface area contributed by atoms with E-state index in [1.165, 1.54) is 11.0 Å². The maximum Gasteiger partial charge on any atom is 0.339 e. The smallest absolute Gasteiger partial charge is 0.339 e. The fraction of sp³-hybridized carbons (Fsp3) is 0.172. The van der Waals surface area contributed by atoms with Crippen LogP contribution in [-0.4, -0.2) is 24.6 Å². The molecule has 8 heteroatoms. The molecule has 1 aliphatic heterocycles. The minimum Gasteiger partial charge on any atom is -0.493 e. The summed E-state index contributed by atoms with van der Waals surface area (Å²) in [5, 5.41) is 4.10. The van der Waals surface area contributed by atoms with E-state index >= 15 is 0 Å². The van der Waals surface area contributed by atoms with Crippen LogP contribution in [0.3, 0.4) is 0 Å². The van der Waals surface area contributed by atoms with Crippen LogP contribution in [0.2, 0.25) is 5.02 Å². The number of hydrogen-bond donors (Lipinski definition) is 1. The molecule has 2 heterocycles. The van der Waals surface area contributed by atoms with Gasteiger partial charge in [-0.05, 0) is 30.2 Å². The molecule has 0 bridgehead atoms. The molecule has 1 aromatic heterocycles. The van der Waals surface area contributed by atoms with E-state index in [4.69, 9.17) is 25.5 Å². The van der Waals surface area contributed by atoms with Gasteiger partial charge in [-0.15, -0.1) is 0 Å². The van der Waals surface area contributed by atoms with E-state index in [0.29, 0.717) is 39.8 Å². The number of nitrogens with one attached hydrogen (secondary N) is 1. The quantitative estimate of drug-likeness (QED) is 0.299. The van der Waals surface area contributed by atoms with Gasteiger partial charge in [0.05, 0.1) is 24.1 Å². The van der Waals surface area contributed by atoms with Crippen LogP contribution in [0.1, 0.15) is 29.7 Å². The fourth-order valence-corrected chi connectivity index (χ4v) is 4.61. The molecular weight excluding hydrogens is 492 g/mol. The number of urea groups is 1. The molecule has 1 unspecified atom stereocenters. The molecule has 2 amide bonds. The first-order valence-corrected chi connectivity index (χ1v) is 12.2. The van der Waals surface area contributed by atoms with Crippen LogP contribution in [0.25, 0.3) is 16.5 Å². The van der Waals surface area contributed by atoms with E-state index in [1.54, 1.807) is 19.2 Å². The molecule has 37 heavy (non-hydrogen) atoms. The third-order valence-electron chi connectivity index (χ3n) is 6.15. The van der Waals surface area contributed by atoms with Gasteiger partial charge >= 0.3 is 11.7 Å². The molecule has 0 aliphatic carbocycles. The number of carbonyl (C=O) groups excluding carboxylic acids is 1. The molecule has 0 fully saturated rings. The van der Waals surface area contributed by atoms with E-state index < -0.39 is 11.7 Å². The Labute approximate surface area is 218 Å². The van der Waals surface area contributed by atoms with Crippen LogP contribution < -0.4 is 15.7 Å². The molecule has 5 rings (SSSR count). The summed E-state index contributed by atoms with van der Waals surface area (Å²) in [4.78, 5) is 26.5. The Morgan fingerprint density at radius 1 is 0.973 bits per heavy atom. The number of hydrogen-bond acceptors (Lipinski definition) is 5. The predicted octanol–water partition coefficient (Wildman–Crippen LogP) is 6.13. The fourth-order valence-electron chi connectivity index (χ4n) is 4.39. The molecule has 3 aromatic carbocycles. The van der Waals surface area contributed by atoms with Crippen molar-refractivity contribution in [3.05, 3.63) is 117 Å². The number of fused-ring (bicyclic) bond motifs is 1. The van der Waals surface area contributed by atoms with Crippen molar-refractivity contribution in [3.8, 4) is 5.75 Å². The summed E-state index contributed by atoms with van der Waals surface area (Å²) >= 11 is 6.61. The highest BCUT2D eigenvalue weighted by atomic mass is 35.5. The monoisotopic (exact) mass is 516 g/mol. The number of ether oxygens (including phenoxy) is 2. The summed E-state index contributed by atoms with van der Waals surface area (Å²) in [6.07, 6.45) is 0. The number of nitrogens with zero attached hydrogens (tertiary/aromatic N) is 1. The maximum atomic E-state index is 13.0. The van der Waals surface area contributed by atoms with Crippen LogP contribution in [0.15, 0.2) is 94.0 Å². The van der Waals surface area contributed by atoms with Crippen LogP contribution in [0.5, 0.6) is 5.75 Å². The topological polar surface area (TPSA) is 81.0 Å². The van der Waals surface area contributed by atoms with Crippen LogP contribution in [0.4, 0.5) is 4.79 Å². The third-order valence-corrected chi connectivity index (χ3v) is 6.50. The Kier molecular flexibility index (Phi) is 6.88. The Morgan fingerprint density at radius 3 is 2.38 bits per heavy atom. The summed E-state index contributed by atoms with van der Waals surface area (Å²) in [6, 6.07) is 23.5. The lowest BCUT2D eigenvalue weighted by atomic mass is 9.91. The van der Waals surface area contributed by atoms with Crippen LogP contribution in [0, 0.1) is 0 Å². The van der Waals surface area contributed by atoms with Crippen molar-refractivity contribution >= 4 is 34.2 Å². The SMILES string of the molecule is CCOc1cc(=O)oc2cc(COC3=C(c4ccccc4)C(c4ccccc4)NC(=O)N3C)c(Cl)cc12. The predicted molar refractivity (Wildman–Crippen MR) is 142 cm³/mol. The van der Waals surface area contributed by atoms with Crippen molar-refractivity contribution in [2.75, 3.05) is 13.7 Å². The van der Waals surface area contributed by atoms with Crippen LogP contribution in [-0.2, 0) is 11.3 Å². The minimum atomic E-state index is -0.520. The molecule has 0 radical (unpaired) electrons. The Bertz CT molecular complexity index is 1530. The zero-order valence-electron chi connectivity index (χ0n) is 20.4. The molecule has 4 aromatic rings. The van der Waals surface area contributed by atoms with E-state index in [0.717, 1.165) is 16.7 Å². The summed E-state index contributed by atoms with van der Waals surface area (Å²) in [6.45, 7) is 2.28. The summed E-state index contributed by atoms with van der Waals surface area (Å²) in [5.74, 6) is 0.816. The van der Waals surface area contributed by atoms with Gasteiger partial charge in [0, 0.05) is 23.2 Å². The van der Waals surface area contributed by atoms with Crippen molar-refractivity contribution in [1.82, 2.24) is 10.2 Å². The molecule has 0 saturated heterocycles. The zero-order chi connectivity index (χ0) is 25.9. The first-order chi connectivity index (χ1) is 18.0. The molecule has 188 valence electrons. The third kappa shape index (κ3) is 4.90. The van der Waals surface area contributed by atoms with Crippen molar-refractivity contribution in [2.24, 2.45) is 0 Å². The molecule has 1 atom stereocenters. The Hall–Kier alpha value is -4.23. The number of rotatable bonds is 7. The molecular formula is C29H25ClN2O5. The van der Waals surface area contributed by atoms with Crippen molar-refractivity contribution in [1.29, 1.82) is 0 Å². The second kappa shape index (κ2) is 10.4. The van der Waals surface area contributed by atoms with Gasteiger partial charge in [0.1, 0.15) is 17.9 Å². The van der Waals surface area contributed by atoms with Crippen molar-refractivity contribution < 1.29 is 18.7 Å². The lowest BCUT2D eigenvalue weighted by Crippen LogP contribution is -2.45. The highest BCUT2D eigenvalue weighted by molar-refractivity contribution is 6.32. The van der Waals surface area contributed by atoms with Gasteiger partial charge in [0.15, 0.2) is 0 Å². The minimum absolute atomic E-state index is 0.0438. The lowest BCUT2D eigenvalue weighted by molar-refractivity contribution is 0.118. The van der Waals surface area contributed by atoms with Gasteiger partial charge in [0.2, 0.25) is 5.88 Å². The van der Waals surface area contributed by atoms with Crippen molar-refractivity contribution in [2.45, 2.75) is 19.6 Å². The number of halogens is 1. The first-order valence-electron chi connectivity index (χ1n) is 11.9. The summed E-state index contributed by atoms with van der Waals surface area (Å²) < 4.78 is 17.3. The molecule has 0 spiro atoms. The average molecular weight is 517 g/mol. The van der Waals surface area contributed by atoms with E-state index in [2.05, 4.69) is 5.32 Å². The standard InChI is InChI=1S/C29H25ClN2O5/c1-3-35-23-16-25(33)37-24-14-20(22(30)15-21(23)24)17-36-28-26(18-10-6-4-7-11-18)27(31-29(34)32(28)2)19-12-8-5-9-13-19/h4-16,27H,3,17H2,1-2H3,(H,31,34). The van der Waals surface area contributed by atoms with E-state index in [1.807, 2.05) is 67.6 Å². The largest absolute Gasteiger partial charge is 0.493 e. The highest BCUT2D eigenvalue weighted by Gasteiger charge is 2.34. The molecule has 1 N–H and O–H groups in total. The lowest BCUT2D eigenvalue weighted by Gasteiger charge is -2.35. The van der Waals surface area contributed by atoms with Gasteiger partial charge in [-0.2, -0.15) is 0 Å². The van der Waals surface area contributed by atoms with E-state index in [-0.39, 0.29) is 12.6 Å². The average Bonchev–Trinajstić information content (AvgIpc) is 2.91. The van der Waals surface area contributed by atoms with Gasteiger partial charge in [-0.3, -0.25) is 4.90 Å². The Balaban J connectivity index is 1.58. The van der Waals surface area contributed by atoms with Crippen LogP contribution >= 0.6 is 11.6 Å². The zero-order valence-corrected chi connectivity index (χ0v) is 21.1. The van der Waals surface area contributed by atoms with Gasteiger partial charge in [-0.25, -0.2) is 9.59 Å². The molecule has 1 aliphatic rings. The first kappa shape index (κ1) is 24.5. The Morgan fingerprint density at radius 2 is 1.68 bits per heavy atom. The van der Waals surface area contributed by atoms with Gasteiger partial charge in [-0.1, -0.05) is 72.3 Å². The molecule has 0 saturated carbocycles. The second-order valence-electron chi connectivity index (χ2n) is 8.53. The second-order valence-corrected chi connectivity index (χ2v) is 8.94. The van der Waals surface area contributed by atoms with E-state index in [9.17, 15) is 9.59 Å². The molecule has 7 nitrogen and oxygen atoms in total. The highest BCUT2D eigenvalue weighted by Crippen LogP contribution is 2.38. The van der Waals surface area contributed by atoms with Crippen molar-refractivity contribution in [3.63, 3.8) is 0 Å². The number of amides is 2. The van der Waals surface area contributed by atoms with Gasteiger partial charge in [0.25, 0.3) is 0 Å². The number of carbonyl (C=O) groups is 1.